The van der Waals surface area contributed by atoms with Crippen molar-refractivity contribution in [2.45, 2.75) is 19.3 Å². The average molecular weight is 405 g/mol. The van der Waals surface area contributed by atoms with E-state index in [-0.39, 0.29) is 29.8 Å². The van der Waals surface area contributed by atoms with E-state index in [4.69, 9.17) is 0 Å². The van der Waals surface area contributed by atoms with Crippen molar-refractivity contribution in [2.24, 2.45) is 4.99 Å². The fourth-order valence-corrected chi connectivity index (χ4v) is 1.97. The Hall–Kier alpha value is -1.11. The van der Waals surface area contributed by atoms with E-state index in [0.29, 0.717) is 13.0 Å². The van der Waals surface area contributed by atoms with Crippen molar-refractivity contribution >= 4 is 29.9 Å². The third kappa shape index (κ3) is 7.45. The molecule has 0 radical (unpaired) electrons. The number of benzene rings is 1. The van der Waals surface area contributed by atoms with Crippen LogP contribution in [0, 0.1) is 5.82 Å². The zero-order valence-electron chi connectivity index (χ0n) is 12.8. The third-order valence-corrected chi connectivity index (χ3v) is 3.11. The van der Waals surface area contributed by atoms with Crippen LogP contribution < -0.4 is 5.32 Å². The Morgan fingerprint density at radius 1 is 1.43 bits per heavy atom. The zero-order chi connectivity index (χ0) is 14.8. The number of nitrogens with zero attached hydrogens (tertiary/aromatic N) is 2. The molecule has 0 saturated carbocycles. The fourth-order valence-electron chi connectivity index (χ4n) is 1.97. The normalized spacial score (nSPS) is 10.7. The number of hydrogen-bond donors (Lipinski definition) is 1. The van der Waals surface area contributed by atoms with Gasteiger partial charge in [-0.05, 0) is 30.9 Å². The second-order valence-corrected chi connectivity index (χ2v) is 4.67. The SMILES string of the molecule is C=CCCCN(C)C(=NC)NCCc1ccccc1F.I. The molecule has 1 N–H and O–H groups in total. The van der Waals surface area contributed by atoms with E-state index in [1.807, 2.05) is 25.3 Å². The summed E-state index contributed by atoms with van der Waals surface area (Å²) in [4.78, 5) is 6.31. The molecule has 1 aromatic rings. The van der Waals surface area contributed by atoms with Gasteiger partial charge in [0, 0.05) is 27.2 Å². The van der Waals surface area contributed by atoms with E-state index in [1.54, 1.807) is 13.1 Å². The Labute approximate surface area is 144 Å². The van der Waals surface area contributed by atoms with Gasteiger partial charge in [0.1, 0.15) is 5.82 Å². The number of guanidine groups is 1. The van der Waals surface area contributed by atoms with E-state index in [0.717, 1.165) is 30.9 Å². The first kappa shape index (κ1) is 19.9. The number of halogens is 2. The zero-order valence-corrected chi connectivity index (χ0v) is 15.1. The van der Waals surface area contributed by atoms with Crippen molar-refractivity contribution < 1.29 is 4.39 Å². The largest absolute Gasteiger partial charge is 0.356 e. The average Bonchev–Trinajstić information content (AvgIpc) is 2.45. The van der Waals surface area contributed by atoms with Gasteiger partial charge in [0.15, 0.2) is 5.96 Å². The molecule has 0 aromatic heterocycles. The molecule has 0 aliphatic heterocycles. The molecule has 0 heterocycles. The van der Waals surface area contributed by atoms with Crippen LogP contribution in [-0.2, 0) is 6.42 Å². The van der Waals surface area contributed by atoms with Crippen molar-refractivity contribution in [3.63, 3.8) is 0 Å². The molecular weight excluding hydrogens is 380 g/mol. The Balaban J connectivity index is 0.00000400. The van der Waals surface area contributed by atoms with Gasteiger partial charge in [0.2, 0.25) is 0 Å². The number of hydrogen-bond acceptors (Lipinski definition) is 1. The summed E-state index contributed by atoms with van der Waals surface area (Å²) in [6, 6.07) is 6.87. The number of nitrogens with one attached hydrogen (secondary N) is 1. The van der Waals surface area contributed by atoms with Crippen molar-refractivity contribution in [3.8, 4) is 0 Å². The Kier molecular flexibility index (Phi) is 10.9. The molecule has 0 saturated heterocycles. The standard InChI is InChI=1S/C16H24FN3.HI/c1-4-5-8-13-20(3)16(18-2)19-12-11-14-9-6-7-10-15(14)17;/h4,6-7,9-10H,1,5,8,11-13H2,2-3H3,(H,18,19);1H. The van der Waals surface area contributed by atoms with Crippen LogP contribution in [0.5, 0.6) is 0 Å². The number of rotatable bonds is 7. The molecule has 0 aliphatic carbocycles. The Morgan fingerprint density at radius 3 is 2.76 bits per heavy atom. The van der Waals surface area contributed by atoms with Gasteiger partial charge >= 0.3 is 0 Å². The van der Waals surface area contributed by atoms with Crippen molar-refractivity contribution in [2.75, 3.05) is 27.2 Å². The van der Waals surface area contributed by atoms with Crippen molar-refractivity contribution in [3.05, 3.63) is 48.3 Å². The monoisotopic (exact) mass is 405 g/mol. The summed E-state index contributed by atoms with van der Waals surface area (Å²) in [6.45, 7) is 5.30. The van der Waals surface area contributed by atoms with E-state index < -0.39 is 0 Å². The van der Waals surface area contributed by atoms with Gasteiger partial charge in [-0.1, -0.05) is 24.3 Å². The predicted octanol–water partition coefficient (Wildman–Crippen LogP) is 3.46. The number of allylic oxidation sites excluding steroid dienone is 1. The van der Waals surface area contributed by atoms with Gasteiger partial charge in [0.05, 0.1) is 0 Å². The first-order valence-corrected chi connectivity index (χ1v) is 6.95. The Bertz CT molecular complexity index is 449. The smallest absolute Gasteiger partial charge is 0.193 e. The molecule has 21 heavy (non-hydrogen) atoms. The van der Waals surface area contributed by atoms with Gasteiger partial charge in [-0.25, -0.2) is 4.39 Å². The molecule has 0 bridgehead atoms. The topological polar surface area (TPSA) is 27.6 Å². The van der Waals surface area contributed by atoms with Gasteiger partial charge in [-0.2, -0.15) is 0 Å². The first-order chi connectivity index (χ1) is 9.69. The summed E-state index contributed by atoms with van der Waals surface area (Å²) in [5.41, 5.74) is 0.727. The minimum atomic E-state index is -0.149. The molecule has 5 heteroatoms. The van der Waals surface area contributed by atoms with Gasteiger partial charge in [0.25, 0.3) is 0 Å². The summed E-state index contributed by atoms with van der Waals surface area (Å²) in [7, 11) is 3.76. The molecule has 0 aliphatic rings. The fraction of sp³-hybridized carbons (Fsp3) is 0.438. The van der Waals surface area contributed by atoms with Crippen LogP contribution in [0.15, 0.2) is 41.9 Å². The highest BCUT2D eigenvalue weighted by Gasteiger charge is 2.05. The molecule has 0 spiro atoms. The maximum absolute atomic E-state index is 13.5. The van der Waals surface area contributed by atoms with Gasteiger partial charge in [-0.15, -0.1) is 30.6 Å². The van der Waals surface area contributed by atoms with Gasteiger partial charge in [-0.3, -0.25) is 4.99 Å². The molecular formula is C16H25FIN3. The highest BCUT2D eigenvalue weighted by molar-refractivity contribution is 14.0. The number of aliphatic imine (C=N–C) groups is 1. The quantitative estimate of drug-likeness (QED) is 0.247. The molecule has 3 nitrogen and oxygen atoms in total. The molecule has 1 aromatic carbocycles. The minimum Gasteiger partial charge on any atom is -0.356 e. The van der Waals surface area contributed by atoms with Crippen LogP contribution in [-0.4, -0.2) is 38.0 Å². The lowest BCUT2D eigenvalue weighted by Gasteiger charge is -2.21. The third-order valence-electron chi connectivity index (χ3n) is 3.11. The molecule has 0 atom stereocenters. The molecule has 1 rings (SSSR count). The maximum atomic E-state index is 13.5. The van der Waals surface area contributed by atoms with Crippen LogP contribution in [0.1, 0.15) is 18.4 Å². The van der Waals surface area contributed by atoms with Crippen LogP contribution in [0.25, 0.3) is 0 Å². The first-order valence-electron chi connectivity index (χ1n) is 6.95. The van der Waals surface area contributed by atoms with Crippen LogP contribution in [0.2, 0.25) is 0 Å². The summed E-state index contributed by atoms with van der Waals surface area (Å²) in [6.07, 6.45) is 4.61. The van der Waals surface area contributed by atoms with Crippen LogP contribution >= 0.6 is 24.0 Å². The van der Waals surface area contributed by atoms with E-state index in [1.165, 1.54) is 6.07 Å². The summed E-state index contributed by atoms with van der Waals surface area (Å²) < 4.78 is 13.5. The second kappa shape index (κ2) is 11.5. The van der Waals surface area contributed by atoms with E-state index in [9.17, 15) is 4.39 Å². The summed E-state index contributed by atoms with van der Waals surface area (Å²) in [5, 5.41) is 3.26. The maximum Gasteiger partial charge on any atom is 0.193 e. The lowest BCUT2D eigenvalue weighted by atomic mass is 10.1. The van der Waals surface area contributed by atoms with Crippen LogP contribution in [0.3, 0.4) is 0 Å². The van der Waals surface area contributed by atoms with Crippen LogP contribution in [0.4, 0.5) is 4.39 Å². The molecule has 118 valence electrons. The molecule has 0 unspecified atom stereocenters. The predicted molar refractivity (Wildman–Crippen MR) is 98.9 cm³/mol. The lowest BCUT2D eigenvalue weighted by molar-refractivity contribution is 0.470. The Morgan fingerprint density at radius 2 is 2.14 bits per heavy atom. The molecule has 0 amide bonds. The van der Waals surface area contributed by atoms with E-state index >= 15 is 0 Å². The van der Waals surface area contributed by atoms with E-state index in [2.05, 4.69) is 21.8 Å². The number of unbranched alkanes of at least 4 members (excludes halogenated alkanes) is 1. The molecule has 0 fully saturated rings. The minimum absolute atomic E-state index is 0. The summed E-state index contributed by atoms with van der Waals surface area (Å²) in [5.74, 6) is 0.689. The lowest BCUT2D eigenvalue weighted by Crippen LogP contribution is -2.40. The second-order valence-electron chi connectivity index (χ2n) is 4.67. The summed E-state index contributed by atoms with van der Waals surface area (Å²) >= 11 is 0. The van der Waals surface area contributed by atoms with Crippen molar-refractivity contribution in [1.82, 2.24) is 10.2 Å². The van der Waals surface area contributed by atoms with Crippen molar-refractivity contribution in [1.29, 1.82) is 0 Å². The highest BCUT2D eigenvalue weighted by atomic mass is 127. The van der Waals surface area contributed by atoms with Gasteiger partial charge < -0.3 is 10.2 Å². The highest BCUT2D eigenvalue weighted by Crippen LogP contribution is 2.06.